The first-order valence-corrected chi connectivity index (χ1v) is 7.58. The van der Waals surface area contributed by atoms with Crippen LogP contribution in [0.25, 0.3) is 0 Å². The number of nitrogens with two attached hydrogens (primary N) is 1. The van der Waals surface area contributed by atoms with Gasteiger partial charge in [-0.1, -0.05) is 24.8 Å². The molecule has 0 radical (unpaired) electrons. The molecule has 0 aromatic heterocycles. The Bertz CT molecular complexity index is 543. The minimum Gasteiger partial charge on any atom is -0.489 e. The highest BCUT2D eigenvalue weighted by atomic mass is 16.5. The van der Waals surface area contributed by atoms with E-state index < -0.39 is 0 Å². The van der Waals surface area contributed by atoms with E-state index in [-0.39, 0.29) is 11.9 Å². The number of amides is 1. The third-order valence-electron chi connectivity index (χ3n) is 4.67. The molecule has 3 atom stereocenters. The SMILES string of the molecule is C=CCOc1ccccc1C(=O)N1CC2CCC(N)C2C1. The second kappa shape index (κ2) is 5.90. The average Bonchev–Trinajstić information content (AvgIpc) is 3.07. The smallest absolute Gasteiger partial charge is 0.257 e. The third kappa shape index (κ3) is 2.68. The van der Waals surface area contributed by atoms with Gasteiger partial charge in [0.15, 0.2) is 0 Å². The number of ether oxygens (including phenoxy) is 1. The predicted octanol–water partition coefficient (Wildman–Crippen LogP) is 2.06. The number of nitrogens with zero attached hydrogens (tertiary/aromatic N) is 1. The third-order valence-corrected chi connectivity index (χ3v) is 4.67. The van der Waals surface area contributed by atoms with Crippen LogP contribution in [0.2, 0.25) is 0 Å². The van der Waals surface area contributed by atoms with Crippen molar-refractivity contribution in [2.24, 2.45) is 17.6 Å². The van der Waals surface area contributed by atoms with E-state index in [1.165, 1.54) is 0 Å². The number of hydrogen-bond donors (Lipinski definition) is 1. The Morgan fingerprint density at radius 1 is 1.38 bits per heavy atom. The molecule has 2 aliphatic rings. The van der Waals surface area contributed by atoms with E-state index in [1.807, 2.05) is 29.2 Å². The standard InChI is InChI=1S/C17H22N2O2/c1-2-9-21-16-6-4-3-5-13(16)17(20)19-10-12-7-8-15(18)14(12)11-19/h2-6,12,14-15H,1,7-11,18H2. The number of benzene rings is 1. The van der Waals surface area contributed by atoms with Gasteiger partial charge >= 0.3 is 0 Å². The molecule has 3 rings (SSSR count). The van der Waals surface area contributed by atoms with Gasteiger partial charge in [-0.15, -0.1) is 0 Å². The van der Waals surface area contributed by atoms with Gasteiger partial charge in [0.25, 0.3) is 5.91 Å². The molecule has 1 aliphatic heterocycles. The van der Waals surface area contributed by atoms with Gasteiger partial charge in [0, 0.05) is 19.1 Å². The van der Waals surface area contributed by atoms with E-state index in [0.717, 1.165) is 25.9 Å². The van der Waals surface area contributed by atoms with E-state index >= 15 is 0 Å². The van der Waals surface area contributed by atoms with Crippen molar-refractivity contribution in [2.75, 3.05) is 19.7 Å². The molecule has 0 spiro atoms. The molecule has 2 N–H and O–H groups in total. The van der Waals surface area contributed by atoms with Crippen LogP contribution in [0, 0.1) is 11.8 Å². The van der Waals surface area contributed by atoms with Crippen molar-refractivity contribution in [3.63, 3.8) is 0 Å². The molecule has 1 heterocycles. The van der Waals surface area contributed by atoms with Gasteiger partial charge < -0.3 is 15.4 Å². The van der Waals surface area contributed by atoms with E-state index in [1.54, 1.807) is 6.08 Å². The first-order chi connectivity index (χ1) is 10.2. The number of para-hydroxylation sites is 1. The van der Waals surface area contributed by atoms with Gasteiger partial charge in [0.2, 0.25) is 0 Å². The normalized spacial score (nSPS) is 27.5. The second-order valence-electron chi connectivity index (χ2n) is 5.97. The highest BCUT2D eigenvalue weighted by Gasteiger charge is 2.42. The molecule has 1 amide bonds. The molecule has 0 bridgehead atoms. The molecule has 1 aliphatic carbocycles. The fourth-order valence-electron chi connectivity index (χ4n) is 3.56. The molecule has 4 nitrogen and oxygen atoms in total. The number of hydrogen-bond acceptors (Lipinski definition) is 3. The highest BCUT2D eigenvalue weighted by molar-refractivity contribution is 5.97. The molecule has 2 fully saturated rings. The van der Waals surface area contributed by atoms with Crippen LogP contribution in [0.1, 0.15) is 23.2 Å². The quantitative estimate of drug-likeness (QED) is 0.862. The fourth-order valence-corrected chi connectivity index (χ4v) is 3.56. The summed E-state index contributed by atoms with van der Waals surface area (Å²) < 4.78 is 5.59. The lowest BCUT2D eigenvalue weighted by atomic mass is 9.98. The summed E-state index contributed by atoms with van der Waals surface area (Å²) in [6.07, 6.45) is 3.92. The number of fused-ring (bicyclic) bond motifs is 1. The van der Waals surface area contributed by atoms with Crippen LogP contribution in [0.4, 0.5) is 0 Å². The Morgan fingerprint density at radius 3 is 2.95 bits per heavy atom. The van der Waals surface area contributed by atoms with Crippen molar-refractivity contribution in [1.82, 2.24) is 4.90 Å². The van der Waals surface area contributed by atoms with E-state index in [4.69, 9.17) is 10.5 Å². The number of carbonyl (C=O) groups is 1. The molecule has 1 aromatic carbocycles. The zero-order valence-corrected chi connectivity index (χ0v) is 12.2. The summed E-state index contributed by atoms with van der Waals surface area (Å²) in [5.41, 5.74) is 6.78. The van der Waals surface area contributed by atoms with Gasteiger partial charge in [-0.05, 0) is 36.8 Å². The zero-order chi connectivity index (χ0) is 14.8. The topological polar surface area (TPSA) is 55.6 Å². The van der Waals surface area contributed by atoms with Gasteiger partial charge in [0.05, 0.1) is 5.56 Å². The molecule has 1 saturated heterocycles. The summed E-state index contributed by atoms with van der Waals surface area (Å²) in [6, 6.07) is 7.66. The maximum absolute atomic E-state index is 12.7. The number of carbonyl (C=O) groups excluding carboxylic acids is 1. The van der Waals surface area contributed by atoms with Crippen LogP contribution >= 0.6 is 0 Å². The van der Waals surface area contributed by atoms with Gasteiger partial charge in [0.1, 0.15) is 12.4 Å². The van der Waals surface area contributed by atoms with E-state index in [9.17, 15) is 4.79 Å². The summed E-state index contributed by atoms with van der Waals surface area (Å²) >= 11 is 0. The Hall–Kier alpha value is -1.81. The Morgan fingerprint density at radius 2 is 2.19 bits per heavy atom. The van der Waals surface area contributed by atoms with Crippen LogP contribution in [-0.2, 0) is 0 Å². The molecule has 1 saturated carbocycles. The molecule has 112 valence electrons. The van der Waals surface area contributed by atoms with E-state index in [2.05, 4.69) is 6.58 Å². The minimum atomic E-state index is 0.0521. The Kier molecular flexibility index (Phi) is 3.97. The molecule has 4 heteroatoms. The number of rotatable bonds is 4. The van der Waals surface area contributed by atoms with Crippen LogP contribution in [0.3, 0.4) is 0 Å². The van der Waals surface area contributed by atoms with Crippen molar-refractivity contribution < 1.29 is 9.53 Å². The zero-order valence-electron chi connectivity index (χ0n) is 12.2. The summed E-state index contributed by atoms with van der Waals surface area (Å²) in [7, 11) is 0. The second-order valence-corrected chi connectivity index (χ2v) is 5.97. The monoisotopic (exact) mass is 286 g/mol. The molecular weight excluding hydrogens is 264 g/mol. The first-order valence-electron chi connectivity index (χ1n) is 7.58. The van der Waals surface area contributed by atoms with Crippen LogP contribution < -0.4 is 10.5 Å². The fraction of sp³-hybridized carbons (Fsp3) is 0.471. The Labute approximate surface area is 125 Å². The van der Waals surface area contributed by atoms with Crippen molar-refractivity contribution in [3.05, 3.63) is 42.5 Å². The summed E-state index contributed by atoms with van der Waals surface area (Å²) in [5, 5.41) is 0. The van der Waals surface area contributed by atoms with Gasteiger partial charge in [-0.3, -0.25) is 4.79 Å². The first kappa shape index (κ1) is 14.1. The maximum Gasteiger partial charge on any atom is 0.257 e. The lowest BCUT2D eigenvalue weighted by Crippen LogP contribution is -2.33. The molecule has 3 unspecified atom stereocenters. The van der Waals surface area contributed by atoms with Crippen molar-refractivity contribution in [2.45, 2.75) is 18.9 Å². The molecular formula is C17H22N2O2. The lowest BCUT2D eigenvalue weighted by molar-refractivity contribution is 0.0775. The molecule has 21 heavy (non-hydrogen) atoms. The van der Waals surface area contributed by atoms with Crippen LogP contribution in [0.5, 0.6) is 5.75 Å². The summed E-state index contributed by atoms with van der Waals surface area (Å²) in [4.78, 5) is 14.7. The Balaban J connectivity index is 1.75. The largest absolute Gasteiger partial charge is 0.489 e. The van der Waals surface area contributed by atoms with Crippen LogP contribution in [0.15, 0.2) is 36.9 Å². The van der Waals surface area contributed by atoms with E-state index in [0.29, 0.717) is 29.8 Å². The van der Waals surface area contributed by atoms with Gasteiger partial charge in [-0.2, -0.15) is 0 Å². The summed E-state index contributed by atoms with van der Waals surface area (Å²) in [5.74, 6) is 1.72. The van der Waals surface area contributed by atoms with Gasteiger partial charge in [-0.25, -0.2) is 0 Å². The van der Waals surface area contributed by atoms with Crippen molar-refractivity contribution in [3.8, 4) is 5.75 Å². The highest BCUT2D eigenvalue weighted by Crippen LogP contribution is 2.38. The van der Waals surface area contributed by atoms with Crippen molar-refractivity contribution in [1.29, 1.82) is 0 Å². The molecule has 1 aromatic rings. The number of likely N-dealkylation sites (tertiary alicyclic amines) is 1. The van der Waals surface area contributed by atoms with Crippen molar-refractivity contribution >= 4 is 5.91 Å². The minimum absolute atomic E-state index is 0.0521. The lowest BCUT2D eigenvalue weighted by Gasteiger charge is -2.20. The van der Waals surface area contributed by atoms with Crippen LogP contribution in [-0.4, -0.2) is 36.5 Å². The average molecular weight is 286 g/mol. The predicted molar refractivity (Wildman–Crippen MR) is 82.2 cm³/mol. The summed E-state index contributed by atoms with van der Waals surface area (Å²) in [6.45, 7) is 5.65. The maximum atomic E-state index is 12.7.